The van der Waals surface area contributed by atoms with Crippen molar-refractivity contribution < 1.29 is 9.59 Å². The molecule has 0 bridgehead atoms. The van der Waals surface area contributed by atoms with Crippen LogP contribution in [-0.4, -0.2) is 35.8 Å². The number of piperidine rings is 1. The Morgan fingerprint density at radius 3 is 2.39 bits per heavy atom. The molecule has 1 aliphatic heterocycles. The molecular weight excluding hydrogens is 348 g/mol. The van der Waals surface area contributed by atoms with Gasteiger partial charge in [0.1, 0.15) is 0 Å². The second-order valence-corrected chi connectivity index (χ2v) is 7.40. The van der Waals surface area contributed by atoms with Crippen molar-refractivity contribution in [3.63, 3.8) is 0 Å². The summed E-state index contributed by atoms with van der Waals surface area (Å²) in [5, 5.41) is 3.12. The number of aryl methyl sites for hydroxylation is 2. The monoisotopic (exact) mass is 376 g/mol. The molecule has 0 unspecified atom stereocenters. The second kappa shape index (κ2) is 9.88. The minimum Gasteiger partial charge on any atom is -0.353 e. The molecule has 4 nitrogen and oxygen atoms in total. The van der Waals surface area contributed by atoms with Crippen LogP contribution in [0.2, 0.25) is 0 Å². The van der Waals surface area contributed by atoms with Gasteiger partial charge in [0, 0.05) is 31.6 Å². The lowest BCUT2D eigenvalue weighted by Crippen LogP contribution is -2.46. The highest BCUT2D eigenvalue weighted by Crippen LogP contribution is 2.13. The Hall–Kier alpha value is -2.88. The Morgan fingerprint density at radius 2 is 1.71 bits per heavy atom. The van der Waals surface area contributed by atoms with Crippen LogP contribution < -0.4 is 5.32 Å². The zero-order valence-corrected chi connectivity index (χ0v) is 16.4. The van der Waals surface area contributed by atoms with Crippen LogP contribution in [0.5, 0.6) is 0 Å². The van der Waals surface area contributed by atoms with Crippen LogP contribution >= 0.6 is 0 Å². The molecule has 0 radical (unpaired) electrons. The Morgan fingerprint density at radius 1 is 1.04 bits per heavy atom. The molecule has 0 saturated carbocycles. The maximum absolute atomic E-state index is 12.3. The van der Waals surface area contributed by atoms with Crippen LogP contribution in [-0.2, 0) is 16.0 Å². The fourth-order valence-electron chi connectivity index (χ4n) is 3.39. The summed E-state index contributed by atoms with van der Waals surface area (Å²) in [7, 11) is 0. The first-order chi connectivity index (χ1) is 13.6. The van der Waals surface area contributed by atoms with Crippen molar-refractivity contribution in [2.45, 2.75) is 38.6 Å². The lowest BCUT2D eigenvalue weighted by Gasteiger charge is -2.31. The average Bonchev–Trinajstić information content (AvgIpc) is 2.73. The van der Waals surface area contributed by atoms with Crippen LogP contribution in [0.4, 0.5) is 0 Å². The number of carbonyl (C=O) groups is 2. The summed E-state index contributed by atoms with van der Waals surface area (Å²) in [6, 6.07) is 18.3. The van der Waals surface area contributed by atoms with Gasteiger partial charge in [-0.05, 0) is 43.4 Å². The maximum Gasteiger partial charge on any atom is 0.246 e. The highest BCUT2D eigenvalue weighted by Gasteiger charge is 2.22. The van der Waals surface area contributed by atoms with Gasteiger partial charge in [0.25, 0.3) is 0 Å². The quantitative estimate of drug-likeness (QED) is 0.781. The summed E-state index contributed by atoms with van der Waals surface area (Å²) >= 11 is 0. The molecule has 1 saturated heterocycles. The summed E-state index contributed by atoms with van der Waals surface area (Å²) in [6.45, 7) is 3.42. The number of likely N-dealkylation sites (tertiary alicyclic amines) is 1. The molecule has 1 aliphatic rings. The van der Waals surface area contributed by atoms with E-state index in [9.17, 15) is 9.59 Å². The summed E-state index contributed by atoms with van der Waals surface area (Å²) < 4.78 is 0. The molecule has 0 aliphatic carbocycles. The van der Waals surface area contributed by atoms with Crippen molar-refractivity contribution in [3.8, 4) is 0 Å². The van der Waals surface area contributed by atoms with E-state index in [1.807, 2.05) is 41.3 Å². The van der Waals surface area contributed by atoms with Crippen LogP contribution in [0.15, 0.2) is 60.7 Å². The van der Waals surface area contributed by atoms with E-state index >= 15 is 0 Å². The van der Waals surface area contributed by atoms with Crippen LogP contribution in [0.25, 0.3) is 6.08 Å². The second-order valence-electron chi connectivity index (χ2n) is 7.40. The van der Waals surface area contributed by atoms with E-state index in [1.54, 1.807) is 6.08 Å². The molecule has 1 N–H and O–H groups in total. The predicted molar refractivity (Wildman–Crippen MR) is 113 cm³/mol. The number of nitrogens with one attached hydrogen (secondary N) is 1. The minimum atomic E-state index is 0.0352. The van der Waals surface area contributed by atoms with Gasteiger partial charge in [-0.3, -0.25) is 9.59 Å². The van der Waals surface area contributed by atoms with Crippen molar-refractivity contribution >= 4 is 17.9 Å². The van der Waals surface area contributed by atoms with Crippen molar-refractivity contribution in [3.05, 3.63) is 77.4 Å². The van der Waals surface area contributed by atoms with Gasteiger partial charge in [-0.15, -0.1) is 0 Å². The number of hydrogen-bond donors (Lipinski definition) is 1. The van der Waals surface area contributed by atoms with Gasteiger partial charge in [0.2, 0.25) is 11.8 Å². The average molecular weight is 377 g/mol. The first-order valence-electron chi connectivity index (χ1n) is 9.97. The van der Waals surface area contributed by atoms with E-state index in [4.69, 9.17) is 0 Å². The number of amides is 2. The number of rotatable bonds is 6. The number of carbonyl (C=O) groups excluding carboxylic acids is 2. The fraction of sp³-hybridized carbons (Fsp3) is 0.333. The Balaban J connectivity index is 1.38. The van der Waals surface area contributed by atoms with Gasteiger partial charge in [0.05, 0.1) is 0 Å². The third-order valence-corrected chi connectivity index (χ3v) is 5.15. The fourth-order valence-corrected chi connectivity index (χ4v) is 3.39. The minimum absolute atomic E-state index is 0.0352. The maximum atomic E-state index is 12.3. The van der Waals surface area contributed by atoms with E-state index in [0.29, 0.717) is 19.5 Å². The van der Waals surface area contributed by atoms with Crippen molar-refractivity contribution in [1.29, 1.82) is 0 Å². The van der Waals surface area contributed by atoms with Crippen molar-refractivity contribution in [1.82, 2.24) is 10.2 Å². The molecule has 1 heterocycles. The molecule has 146 valence electrons. The smallest absolute Gasteiger partial charge is 0.246 e. The molecule has 1 fully saturated rings. The summed E-state index contributed by atoms with van der Waals surface area (Å²) in [6.07, 6.45) is 6.36. The molecule has 3 rings (SSSR count). The lowest BCUT2D eigenvalue weighted by atomic mass is 10.0. The molecule has 2 amide bonds. The van der Waals surface area contributed by atoms with E-state index in [1.165, 1.54) is 11.1 Å². The SMILES string of the molecule is Cc1ccc(CCC(=O)NC2CCN(C(=O)/C=C/c3ccccc3)CC2)cc1. The summed E-state index contributed by atoms with van der Waals surface area (Å²) in [4.78, 5) is 26.4. The topological polar surface area (TPSA) is 49.4 Å². The Labute approximate surface area is 167 Å². The molecular formula is C24H28N2O2. The molecule has 4 heteroatoms. The van der Waals surface area contributed by atoms with E-state index < -0.39 is 0 Å². The zero-order chi connectivity index (χ0) is 19.8. The molecule has 0 atom stereocenters. The third kappa shape index (κ3) is 6.08. The molecule has 28 heavy (non-hydrogen) atoms. The number of hydrogen-bond acceptors (Lipinski definition) is 2. The molecule has 0 aromatic heterocycles. The van der Waals surface area contributed by atoms with E-state index in [-0.39, 0.29) is 17.9 Å². The zero-order valence-electron chi connectivity index (χ0n) is 16.4. The van der Waals surface area contributed by atoms with E-state index in [2.05, 4.69) is 36.5 Å². The van der Waals surface area contributed by atoms with Gasteiger partial charge >= 0.3 is 0 Å². The van der Waals surface area contributed by atoms with Crippen molar-refractivity contribution in [2.24, 2.45) is 0 Å². The van der Waals surface area contributed by atoms with Crippen LogP contribution in [0.3, 0.4) is 0 Å². The summed E-state index contributed by atoms with van der Waals surface area (Å²) in [5.74, 6) is 0.127. The first-order valence-corrected chi connectivity index (χ1v) is 9.97. The highest BCUT2D eigenvalue weighted by molar-refractivity contribution is 5.91. The van der Waals surface area contributed by atoms with Gasteiger partial charge in [-0.25, -0.2) is 0 Å². The lowest BCUT2D eigenvalue weighted by molar-refractivity contribution is -0.127. The van der Waals surface area contributed by atoms with Gasteiger partial charge in [0.15, 0.2) is 0 Å². The Kier molecular flexibility index (Phi) is 7.01. The Bertz CT molecular complexity index is 804. The highest BCUT2D eigenvalue weighted by atomic mass is 16.2. The number of benzene rings is 2. The third-order valence-electron chi connectivity index (χ3n) is 5.15. The summed E-state index contributed by atoms with van der Waals surface area (Å²) in [5.41, 5.74) is 3.44. The molecule has 2 aromatic rings. The predicted octanol–water partition coefficient (Wildman–Crippen LogP) is 3.75. The van der Waals surface area contributed by atoms with Gasteiger partial charge in [-0.2, -0.15) is 0 Å². The number of nitrogens with zero attached hydrogens (tertiary/aromatic N) is 1. The largest absolute Gasteiger partial charge is 0.353 e. The van der Waals surface area contributed by atoms with Crippen LogP contribution in [0.1, 0.15) is 36.0 Å². The van der Waals surface area contributed by atoms with Gasteiger partial charge < -0.3 is 10.2 Å². The first kappa shape index (κ1) is 19.9. The van der Waals surface area contributed by atoms with Crippen molar-refractivity contribution in [2.75, 3.05) is 13.1 Å². The molecule has 0 spiro atoms. The molecule has 2 aromatic carbocycles. The van der Waals surface area contributed by atoms with Crippen LogP contribution in [0, 0.1) is 6.92 Å². The van der Waals surface area contributed by atoms with E-state index in [0.717, 1.165) is 24.8 Å². The standard InChI is InChI=1S/C24H28N2O2/c1-19-7-9-21(10-8-19)11-13-23(27)25-22-15-17-26(18-16-22)24(28)14-12-20-5-3-2-4-6-20/h2-10,12,14,22H,11,13,15-18H2,1H3,(H,25,27)/b14-12+. The van der Waals surface area contributed by atoms with Gasteiger partial charge in [-0.1, -0.05) is 60.2 Å². The normalized spacial score (nSPS) is 15.0.